The standard InChI is InChI=1S/C17H23N5O3/c18-13-3-6-19-16(20-13)21-7-4-17(5-8-21)9-12(15(24)25)22(10-17)14(23)11-1-2-11/h3,6,11-12H,1-2,4-5,7-10H2,(H,24,25)(H2,18,19,20)/t12-/m0/s1. The Morgan fingerprint density at radius 3 is 2.60 bits per heavy atom. The second kappa shape index (κ2) is 5.86. The Morgan fingerprint density at radius 2 is 2.00 bits per heavy atom. The zero-order valence-corrected chi connectivity index (χ0v) is 14.1. The minimum Gasteiger partial charge on any atom is -0.480 e. The molecular weight excluding hydrogens is 322 g/mol. The number of nitrogens with zero attached hydrogens (tertiary/aromatic N) is 4. The number of carboxylic acids is 1. The van der Waals surface area contributed by atoms with Gasteiger partial charge in [0.05, 0.1) is 0 Å². The van der Waals surface area contributed by atoms with Crippen molar-refractivity contribution in [2.45, 2.75) is 38.1 Å². The number of anilines is 2. The van der Waals surface area contributed by atoms with Gasteiger partial charge in [-0.1, -0.05) is 0 Å². The molecule has 1 amide bonds. The van der Waals surface area contributed by atoms with E-state index in [0.717, 1.165) is 38.8 Å². The molecule has 8 heteroatoms. The number of amides is 1. The number of aromatic nitrogens is 2. The van der Waals surface area contributed by atoms with Gasteiger partial charge >= 0.3 is 5.97 Å². The van der Waals surface area contributed by atoms with Crippen molar-refractivity contribution in [2.75, 3.05) is 30.3 Å². The topological polar surface area (TPSA) is 113 Å². The molecule has 1 atom stereocenters. The number of aliphatic carboxylic acids is 1. The SMILES string of the molecule is Nc1ccnc(N2CCC3(CC2)C[C@@H](C(=O)O)N(C(=O)C2CC2)C3)n1. The van der Waals surface area contributed by atoms with Crippen LogP contribution in [0.2, 0.25) is 0 Å². The van der Waals surface area contributed by atoms with Gasteiger partial charge in [-0.2, -0.15) is 4.98 Å². The molecule has 3 fully saturated rings. The van der Waals surface area contributed by atoms with Gasteiger partial charge in [-0.05, 0) is 43.6 Å². The molecule has 0 aromatic carbocycles. The number of carbonyl (C=O) groups is 2. The fraction of sp³-hybridized carbons (Fsp3) is 0.647. The summed E-state index contributed by atoms with van der Waals surface area (Å²) in [6, 6.07) is 0.980. The molecule has 1 aromatic heterocycles. The van der Waals surface area contributed by atoms with Crippen molar-refractivity contribution in [3.05, 3.63) is 12.3 Å². The Morgan fingerprint density at radius 1 is 1.28 bits per heavy atom. The highest BCUT2D eigenvalue weighted by Gasteiger charge is 2.51. The van der Waals surface area contributed by atoms with E-state index < -0.39 is 12.0 Å². The first-order valence-electron chi connectivity index (χ1n) is 8.84. The van der Waals surface area contributed by atoms with Crippen molar-refractivity contribution in [3.63, 3.8) is 0 Å². The van der Waals surface area contributed by atoms with Crippen molar-refractivity contribution < 1.29 is 14.7 Å². The molecule has 2 saturated heterocycles. The first-order valence-corrected chi connectivity index (χ1v) is 8.84. The maximum absolute atomic E-state index is 12.5. The quantitative estimate of drug-likeness (QED) is 0.831. The fourth-order valence-corrected chi connectivity index (χ4v) is 4.13. The number of hydrogen-bond donors (Lipinski definition) is 2. The predicted octanol–water partition coefficient (Wildman–Crippen LogP) is 0.741. The molecule has 4 rings (SSSR count). The maximum Gasteiger partial charge on any atom is 0.326 e. The summed E-state index contributed by atoms with van der Waals surface area (Å²) in [4.78, 5) is 36.4. The Kier molecular flexibility index (Phi) is 3.77. The van der Waals surface area contributed by atoms with Crippen molar-refractivity contribution >= 4 is 23.6 Å². The molecule has 0 unspecified atom stereocenters. The van der Waals surface area contributed by atoms with Crippen LogP contribution in [0.15, 0.2) is 12.3 Å². The zero-order chi connectivity index (χ0) is 17.6. The molecule has 3 aliphatic rings. The molecule has 8 nitrogen and oxygen atoms in total. The molecule has 134 valence electrons. The van der Waals surface area contributed by atoms with E-state index >= 15 is 0 Å². The summed E-state index contributed by atoms with van der Waals surface area (Å²) in [5.74, 6) is 0.267. The van der Waals surface area contributed by atoms with E-state index in [4.69, 9.17) is 5.73 Å². The van der Waals surface area contributed by atoms with E-state index in [0.29, 0.717) is 24.7 Å². The molecule has 0 bridgehead atoms. The molecule has 1 aliphatic carbocycles. The highest BCUT2D eigenvalue weighted by Crippen LogP contribution is 2.45. The van der Waals surface area contributed by atoms with Gasteiger partial charge in [0.1, 0.15) is 11.9 Å². The van der Waals surface area contributed by atoms with Crippen LogP contribution in [0.25, 0.3) is 0 Å². The van der Waals surface area contributed by atoms with Crippen LogP contribution in [0.3, 0.4) is 0 Å². The number of carbonyl (C=O) groups excluding carboxylic acids is 1. The van der Waals surface area contributed by atoms with E-state index in [-0.39, 0.29) is 17.2 Å². The van der Waals surface area contributed by atoms with Crippen LogP contribution in [0.1, 0.15) is 32.1 Å². The number of carboxylic acid groups (broad SMARTS) is 1. The lowest BCUT2D eigenvalue weighted by molar-refractivity contribution is -0.148. The van der Waals surface area contributed by atoms with Gasteiger partial charge in [-0.25, -0.2) is 9.78 Å². The van der Waals surface area contributed by atoms with Gasteiger partial charge in [0, 0.05) is 31.7 Å². The first-order chi connectivity index (χ1) is 12.0. The predicted molar refractivity (Wildman–Crippen MR) is 90.8 cm³/mol. The molecule has 0 radical (unpaired) electrons. The molecular formula is C17H23N5O3. The molecule has 3 N–H and O–H groups in total. The highest BCUT2D eigenvalue weighted by molar-refractivity contribution is 5.87. The molecule has 1 spiro atoms. The lowest BCUT2D eigenvalue weighted by Crippen LogP contribution is -2.43. The zero-order valence-electron chi connectivity index (χ0n) is 14.1. The number of piperidine rings is 1. The van der Waals surface area contributed by atoms with Crippen LogP contribution in [0.4, 0.5) is 11.8 Å². The van der Waals surface area contributed by atoms with Gasteiger partial charge in [0.2, 0.25) is 11.9 Å². The molecule has 2 aliphatic heterocycles. The smallest absolute Gasteiger partial charge is 0.326 e. The lowest BCUT2D eigenvalue weighted by Gasteiger charge is -2.39. The van der Waals surface area contributed by atoms with Crippen LogP contribution in [-0.2, 0) is 9.59 Å². The largest absolute Gasteiger partial charge is 0.480 e. The summed E-state index contributed by atoms with van der Waals surface area (Å²) >= 11 is 0. The highest BCUT2D eigenvalue weighted by atomic mass is 16.4. The summed E-state index contributed by atoms with van der Waals surface area (Å²) in [6.07, 6.45) is 5.66. The minimum atomic E-state index is -0.882. The number of nitrogens with two attached hydrogens (primary N) is 1. The summed E-state index contributed by atoms with van der Waals surface area (Å²) in [7, 11) is 0. The van der Waals surface area contributed by atoms with E-state index in [2.05, 4.69) is 14.9 Å². The van der Waals surface area contributed by atoms with Gasteiger partial charge in [0.25, 0.3) is 0 Å². The molecule has 1 aromatic rings. The first kappa shape index (κ1) is 16.1. The van der Waals surface area contributed by atoms with Crippen LogP contribution in [0.5, 0.6) is 0 Å². The van der Waals surface area contributed by atoms with E-state index in [1.165, 1.54) is 0 Å². The Hall–Kier alpha value is -2.38. The third-order valence-corrected chi connectivity index (χ3v) is 5.77. The summed E-state index contributed by atoms with van der Waals surface area (Å²) in [6.45, 7) is 2.06. The number of rotatable bonds is 3. The Balaban J connectivity index is 1.46. The van der Waals surface area contributed by atoms with Crippen molar-refractivity contribution in [1.82, 2.24) is 14.9 Å². The normalized spacial score (nSPS) is 25.4. The summed E-state index contributed by atoms with van der Waals surface area (Å²) in [5, 5.41) is 9.57. The third-order valence-electron chi connectivity index (χ3n) is 5.77. The summed E-state index contributed by atoms with van der Waals surface area (Å²) < 4.78 is 0. The van der Waals surface area contributed by atoms with Crippen LogP contribution in [0, 0.1) is 11.3 Å². The van der Waals surface area contributed by atoms with Crippen LogP contribution < -0.4 is 10.6 Å². The third kappa shape index (κ3) is 3.01. The second-order valence-electron chi connectivity index (χ2n) is 7.57. The summed E-state index contributed by atoms with van der Waals surface area (Å²) in [5.41, 5.74) is 5.62. The molecule has 3 heterocycles. The maximum atomic E-state index is 12.5. The fourth-order valence-electron chi connectivity index (χ4n) is 4.13. The van der Waals surface area contributed by atoms with Crippen LogP contribution in [-0.4, -0.2) is 57.5 Å². The monoisotopic (exact) mass is 345 g/mol. The van der Waals surface area contributed by atoms with Crippen molar-refractivity contribution in [1.29, 1.82) is 0 Å². The van der Waals surface area contributed by atoms with Crippen LogP contribution >= 0.6 is 0 Å². The second-order valence-corrected chi connectivity index (χ2v) is 7.57. The van der Waals surface area contributed by atoms with E-state index in [9.17, 15) is 14.7 Å². The van der Waals surface area contributed by atoms with E-state index in [1.807, 2.05) is 0 Å². The van der Waals surface area contributed by atoms with Gasteiger partial charge in [-0.15, -0.1) is 0 Å². The lowest BCUT2D eigenvalue weighted by atomic mass is 9.76. The van der Waals surface area contributed by atoms with Crippen molar-refractivity contribution in [2.24, 2.45) is 11.3 Å². The average Bonchev–Trinajstić information content (AvgIpc) is 3.37. The minimum absolute atomic E-state index is 0.0332. The number of hydrogen-bond acceptors (Lipinski definition) is 6. The Labute approximate surface area is 146 Å². The van der Waals surface area contributed by atoms with Gasteiger partial charge in [0.15, 0.2) is 0 Å². The van der Waals surface area contributed by atoms with Gasteiger partial charge in [-0.3, -0.25) is 4.79 Å². The number of nitrogen functional groups attached to an aromatic ring is 1. The van der Waals surface area contributed by atoms with Crippen molar-refractivity contribution in [3.8, 4) is 0 Å². The molecule has 1 saturated carbocycles. The average molecular weight is 345 g/mol. The van der Waals surface area contributed by atoms with Gasteiger partial charge < -0.3 is 20.6 Å². The molecule has 25 heavy (non-hydrogen) atoms. The Bertz CT molecular complexity index is 697. The number of likely N-dealkylation sites (tertiary alicyclic amines) is 1. The van der Waals surface area contributed by atoms with E-state index in [1.54, 1.807) is 17.2 Å².